The molecular formula is C13H20N2. The first-order chi connectivity index (χ1) is 7.25. The van der Waals surface area contributed by atoms with Crippen LogP contribution in [0.25, 0.3) is 0 Å². The summed E-state index contributed by atoms with van der Waals surface area (Å²) in [6, 6.07) is 6.41. The summed E-state index contributed by atoms with van der Waals surface area (Å²) in [6.45, 7) is 4.41. The van der Waals surface area contributed by atoms with Crippen molar-refractivity contribution in [1.82, 2.24) is 5.32 Å². The van der Waals surface area contributed by atoms with Crippen molar-refractivity contribution in [3.8, 4) is 0 Å². The Bertz CT molecular complexity index is 327. The van der Waals surface area contributed by atoms with E-state index in [0.717, 1.165) is 24.6 Å². The molecule has 1 fully saturated rings. The van der Waals surface area contributed by atoms with Gasteiger partial charge in [0.15, 0.2) is 0 Å². The van der Waals surface area contributed by atoms with Crippen LogP contribution in [0.2, 0.25) is 0 Å². The number of benzene rings is 1. The third kappa shape index (κ3) is 2.72. The number of nitrogen functional groups attached to an aromatic ring is 1. The Morgan fingerprint density at radius 1 is 1.47 bits per heavy atom. The topological polar surface area (TPSA) is 38.0 Å². The van der Waals surface area contributed by atoms with E-state index in [4.69, 9.17) is 5.73 Å². The average molecular weight is 204 g/mol. The van der Waals surface area contributed by atoms with Crippen LogP contribution in [-0.2, 0) is 6.42 Å². The highest BCUT2D eigenvalue weighted by atomic mass is 14.9. The van der Waals surface area contributed by atoms with Gasteiger partial charge < -0.3 is 11.1 Å². The molecule has 2 nitrogen and oxygen atoms in total. The predicted molar refractivity (Wildman–Crippen MR) is 64.9 cm³/mol. The lowest BCUT2D eigenvalue weighted by molar-refractivity contribution is 0.376. The van der Waals surface area contributed by atoms with E-state index >= 15 is 0 Å². The van der Waals surface area contributed by atoms with Crippen LogP contribution < -0.4 is 11.1 Å². The minimum atomic E-state index is 0.767. The maximum absolute atomic E-state index is 6.02. The molecule has 0 bridgehead atoms. The van der Waals surface area contributed by atoms with Crippen molar-refractivity contribution in [2.75, 3.05) is 18.8 Å². The van der Waals surface area contributed by atoms with Gasteiger partial charge in [-0.2, -0.15) is 0 Å². The summed E-state index contributed by atoms with van der Waals surface area (Å²) in [5, 5.41) is 3.45. The Labute approximate surface area is 91.9 Å². The van der Waals surface area contributed by atoms with Gasteiger partial charge in [-0.3, -0.25) is 0 Å². The number of hydrogen-bond donors (Lipinski definition) is 2. The molecular weight excluding hydrogens is 184 g/mol. The molecule has 3 N–H and O–H groups in total. The van der Waals surface area contributed by atoms with Crippen LogP contribution in [0.3, 0.4) is 0 Å². The molecule has 2 heteroatoms. The first kappa shape index (κ1) is 10.5. The van der Waals surface area contributed by atoms with Crippen LogP contribution in [-0.4, -0.2) is 13.1 Å². The molecule has 0 spiro atoms. The maximum atomic E-state index is 6.02. The molecule has 0 aliphatic carbocycles. The number of nitrogens with one attached hydrogen (secondary N) is 1. The van der Waals surface area contributed by atoms with Crippen molar-refractivity contribution >= 4 is 5.69 Å². The van der Waals surface area contributed by atoms with E-state index in [1.54, 1.807) is 0 Å². The molecule has 1 saturated heterocycles. The summed E-state index contributed by atoms with van der Waals surface area (Å²) in [5.41, 5.74) is 9.54. The van der Waals surface area contributed by atoms with Gasteiger partial charge in [-0.25, -0.2) is 0 Å². The molecule has 82 valence electrons. The molecule has 1 aromatic rings. The Morgan fingerprint density at radius 3 is 3.00 bits per heavy atom. The van der Waals surface area contributed by atoms with Crippen molar-refractivity contribution in [2.24, 2.45) is 5.92 Å². The second-order valence-corrected chi connectivity index (χ2v) is 4.62. The molecule has 15 heavy (non-hydrogen) atoms. The van der Waals surface area contributed by atoms with E-state index in [2.05, 4.69) is 30.4 Å². The molecule has 1 atom stereocenters. The van der Waals surface area contributed by atoms with Crippen molar-refractivity contribution in [3.05, 3.63) is 29.3 Å². The smallest absolute Gasteiger partial charge is 0.0349 e. The highest BCUT2D eigenvalue weighted by molar-refractivity contribution is 5.49. The summed E-state index contributed by atoms with van der Waals surface area (Å²) >= 11 is 0. The number of piperidine rings is 1. The zero-order chi connectivity index (χ0) is 10.7. The van der Waals surface area contributed by atoms with Crippen LogP contribution in [0.1, 0.15) is 24.0 Å². The van der Waals surface area contributed by atoms with Gasteiger partial charge in [-0.05, 0) is 62.4 Å². The lowest BCUT2D eigenvalue weighted by Gasteiger charge is -2.23. The molecule has 1 unspecified atom stereocenters. The largest absolute Gasteiger partial charge is 0.398 e. The Morgan fingerprint density at radius 2 is 2.33 bits per heavy atom. The number of anilines is 1. The van der Waals surface area contributed by atoms with Gasteiger partial charge >= 0.3 is 0 Å². The molecule has 1 aliphatic heterocycles. The SMILES string of the molecule is Cc1ccc(CC2CCCNC2)c(N)c1. The average Bonchev–Trinajstić information content (AvgIpc) is 2.24. The van der Waals surface area contributed by atoms with E-state index in [-0.39, 0.29) is 0 Å². The minimum Gasteiger partial charge on any atom is -0.398 e. The Kier molecular flexibility index (Phi) is 3.27. The summed E-state index contributed by atoms with van der Waals surface area (Å²) in [5.74, 6) is 0.767. The van der Waals surface area contributed by atoms with Gasteiger partial charge in [0.05, 0.1) is 0 Å². The highest BCUT2D eigenvalue weighted by Gasteiger charge is 2.14. The first-order valence-electron chi connectivity index (χ1n) is 5.81. The van der Waals surface area contributed by atoms with Gasteiger partial charge in [-0.1, -0.05) is 12.1 Å². The molecule has 0 saturated carbocycles. The molecule has 2 rings (SSSR count). The van der Waals surface area contributed by atoms with E-state index in [9.17, 15) is 0 Å². The van der Waals surface area contributed by atoms with Crippen LogP contribution in [0, 0.1) is 12.8 Å². The second kappa shape index (κ2) is 4.67. The van der Waals surface area contributed by atoms with Crippen LogP contribution in [0.15, 0.2) is 18.2 Å². The van der Waals surface area contributed by atoms with Crippen molar-refractivity contribution < 1.29 is 0 Å². The fourth-order valence-electron chi connectivity index (χ4n) is 2.31. The number of hydrogen-bond acceptors (Lipinski definition) is 2. The summed E-state index contributed by atoms with van der Waals surface area (Å²) in [6.07, 6.45) is 3.76. The summed E-state index contributed by atoms with van der Waals surface area (Å²) < 4.78 is 0. The lowest BCUT2D eigenvalue weighted by Crippen LogP contribution is -2.31. The summed E-state index contributed by atoms with van der Waals surface area (Å²) in [4.78, 5) is 0. The van der Waals surface area contributed by atoms with E-state index in [0.29, 0.717) is 0 Å². The lowest BCUT2D eigenvalue weighted by atomic mass is 9.91. The summed E-state index contributed by atoms with van der Waals surface area (Å²) in [7, 11) is 0. The van der Waals surface area contributed by atoms with Gasteiger partial charge in [0.1, 0.15) is 0 Å². The van der Waals surface area contributed by atoms with Crippen molar-refractivity contribution in [3.63, 3.8) is 0 Å². The van der Waals surface area contributed by atoms with Crippen molar-refractivity contribution in [2.45, 2.75) is 26.2 Å². The van der Waals surface area contributed by atoms with Gasteiger partial charge in [0.25, 0.3) is 0 Å². The first-order valence-corrected chi connectivity index (χ1v) is 5.81. The molecule has 0 aromatic heterocycles. The van der Waals surface area contributed by atoms with Gasteiger partial charge in [0, 0.05) is 5.69 Å². The maximum Gasteiger partial charge on any atom is 0.0349 e. The van der Waals surface area contributed by atoms with Crippen LogP contribution in [0.4, 0.5) is 5.69 Å². The zero-order valence-electron chi connectivity index (χ0n) is 9.42. The Hall–Kier alpha value is -1.02. The molecule has 1 heterocycles. The van der Waals surface area contributed by atoms with E-state index < -0.39 is 0 Å². The quantitative estimate of drug-likeness (QED) is 0.724. The predicted octanol–water partition coefficient (Wildman–Crippen LogP) is 2.12. The number of rotatable bonds is 2. The van der Waals surface area contributed by atoms with E-state index in [1.807, 2.05) is 0 Å². The van der Waals surface area contributed by atoms with Crippen LogP contribution >= 0.6 is 0 Å². The van der Waals surface area contributed by atoms with E-state index in [1.165, 1.54) is 30.5 Å². The fraction of sp³-hybridized carbons (Fsp3) is 0.538. The normalized spacial score (nSPS) is 21.5. The second-order valence-electron chi connectivity index (χ2n) is 4.62. The number of nitrogens with two attached hydrogens (primary N) is 1. The standard InChI is InChI=1S/C13H20N2/c1-10-4-5-12(13(14)7-10)8-11-3-2-6-15-9-11/h4-5,7,11,15H,2-3,6,8-9,14H2,1H3. The minimum absolute atomic E-state index is 0.767. The highest BCUT2D eigenvalue weighted by Crippen LogP contribution is 2.21. The third-order valence-corrected chi connectivity index (χ3v) is 3.21. The molecule has 1 aliphatic rings. The molecule has 0 amide bonds. The zero-order valence-corrected chi connectivity index (χ0v) is 9.42. The van der Waals surface area contributed by atoms with Crippen LogP contribution in [0.5, 0.6) is 0 Å². The molecule has 1 aromatic carbocycles. The fourth-order valence-corrected chi connectivity index (χ4v) is 2.31. The van der Waals surface area contributed by atoms with Gasteiger partial charge in [-0.15, -0.1) is 0 Å². The Balaban J connectivity index is 2.03. The van der Waals surface area contributed by atoms with Gasteiger partial charge in [0.2, 0.25) is 0 Å². The third-order valence-electron chi connectivity index (χ3n) is 3.21. The van der Waals surface area contributed by atoms with Crippen molar-refractivity contribution in [1.29, 1.82) is 0 Å². The molecule has 0 radical (unpaired) electrons. The number of aryl methyl sites for hydroxylation is 1. The monoisotopic (exact) mass is 204 g/mol.